The molecule has 1 aliphatic rings. The van der Waals surface area contributed by atoms with E-state index in [-0.39, 0.29) is 0 Å². The minimum absolute atomic E-state index is 0.669. The van der Waals surface area contributed by atoms with Crippen LogP contribution in [0.1, 0.15) is 23.4 Å². The molecule has 0 saturated carbocycles. The maximum atomic E-state index is 4.56. The van der Waals surface area contributed by atoms with Crippen molar-refractivity contribution < 1.29 is 0 Å². The van der Waals surface area contributed by atoms with Gasteiger partial charge in [-0.3, -0.25) is 19.9 Å². The number of thiazole rings is 1. The molecule has 1 saturated heterocycles. The fourth-order valence-electron chi connectivity index (χ4n) is 3.20. The second-order valence-corrected chi connectivity index (χ2v) is 7.47. The Morgan fingerprint density at radius 1 is 0.962 bits per heavy atom. The van der Waals surface area contributed by atoms with Crippen molar-refractivity contribution in [2.75, 3.05) is 18.4 Å². The predicted molar refractivity (Wildman–Crippen MR) is 101 cm³/mol. The monoisotopic (exact) mass is 367 g/mol. The molecular weight excluding hydrogens is 346 g/mol. The summed E-state index contributed by atoms with van der Waals surface area (Å²) < 4.78 is 0. The molecule has 8 heteroatoms. The van der Waals surface area contributed by atoms with Crippen molar-refractivity contribution >= 4 is 23.0 Å². The van der Waals surface area contributed by atoms with Crippen LogP contribution in [0.15, 0.2) is 42.7 Å². The minimum Gasteiger partial charge on any atom is -0.322 e. The minimum atomic E-state index is 0.669. The molecule has 3 aromatic rings. The zero-order valence-electron chi connectivity index (χ0n) is 14.5. The molecule has 3 aromatic heterocycles. The Balaban J connectivity index is 1.26. The smallest absolute Gasteiger partial charge is 0.150 e. The van der Waals surface area contributed by atoms with Crippen LogP contribution in [0.3, 0.4) is 0 Å². The second kappa shape index (κ2) is 8.29. The number of hydrogen-bond donors (Lipinski definition) is 1. The van der Waals surface area contributed by atoms with E-state index in [1.165, 1.54) is 17.7 Å². The fourth-order valence-corrected chi connectivity index (χ4v) is 3.84. The summed E-state index contributed by atoms with van der Waals surface area (Å²) in [5, 5.41) is 3.10. The third kappa shape index (κ3) is 4.59. The highest BCUT2D eigenvalue weighted by Gasteiger charge is 2.20. The first-order valence-corrected chi connectivity index (χ1v) is 9.67. The van der Waals surface area contributed by atoms with Crippen molar-refractivity contribution in [3.05, 3.63) is 53.3 Å². The summed E-state index contributed by atoms with van der Waals surface area (Å²) >= 11 is 1.74. The zero-order chi connectivity index (χ0) is 17.6. The normalized spacial score (nSPS) is 15.8. The second-order valence-electron chi connectivity index (χ2n) is 6.50. The molecule has 0 amide bonds. The van der Waals surface area contributed by atoms with Gasteiger partial charge in [0.2, 0.25) is 0 Å². The number of anilines is 2. The van der Waals surface area contributed by atoms with Crippen LogP contribution in [0.2, 0.25) is 0 Å². The summed E-state index contributed by atoms with van der Waals surface area (Å²) in [4.78, 5) is 25.2. The lowest BCUT2D eigenvalue weighted by Gasteiger charge is -2.31. The molecule has 134 valence electrons. The Morgan fingerprint density at radius 2 is 1.85 bits per heavy atom. The summed E-state index contributed by atoms with van der Waals surface area (Å²) in [6, 6.07) is 0. The Morgan fingerprint density at radius 3 is 2.54 bits per heavy atom. The van der Waals surface area contributed by atoms with Gasteiger partial charge in [0.15, 0.2) is 0 Å². The third-order valence-corrected chi connectivity index (χ3v) is 5.36. The third-order valence-electron chi connectivity index (χ3n) is 4.59. The molecule has 1 aliphatic heterocycles. The van der Waals surface area contributed by atoms with Gasteiger partial charge in [0.25, 0.3) is 0 Å². The molecule has 1 fully saturated rings. The lowest BCUT2D eigenvalue weighted by Crippen LogP contribution is -2.33. The number of piperidine rings is 1. The largest absolute Gasteiger partial charge is 0.322 e. The molecule has 0 aromatic carbocycles. The molecule has 0 radical (unpaired) electrons. The molecule has 26 heavy (non-hydrogen) atoms. The molecular formula is C18H21N7S. The van der Waals surface area contributed by atoms with E-state index in [0.717, 1.165) is 31.7 Å². The van der Waals surface area contributed by atoms with E-state index >= 15 is 0 Å². The molecule has 4 rings (SSSR count). The van der Waals surface area contributed by atoms with E-state index in [9.17, 15) is 0 Å². The molecule has 0 aliphatic carbocycles. The van der Waals surface area contributed by atoms with E-state index in [1.807, 2.05) is 17.9 Å². The summed E-state index contributed by atoms with van der Waals surface area (Å²) in [5.74, 6) is 2.04. The van der Waals surface area contributed by atoms with Crippen LogP contribution in [0.4, 0.5) is 11.6 Å². The fraction of sp³-hybridized carbons (Fsp3) is 0.389. The summed E-state index contributed by atoms with van der Waals surface area (Å²) in [6.45, 7) is 3.31. The molecule has 0 bridgehead atoms. The molecule has 0 spiro atoms. The topological polar surface area (TPSA) is 79.7 Å². The van der Waals surface area contributed by atoms with Crippen molar-refractivity contribution in [3.63, 3.8) is 0 Å². The number of nitrogens with one attached hydrogen (secondary N) is 1. The van der Waals surface area contributed by atoms with E-state index in [1.54, 1.807) is 36.1 Å². The van der Waals surface area contributed by atoms with Crippen LogP contribution in [-0.2, 0) is 13.0 Å². The molecule has 0 atom stereocenters. The van der Waals surface area contributed by atoms with Gasteiger partial charge in [-0.25, -0.2) is 9.97 Å². The quantitative estimate of drug-likeness (QED) is 0.717. The Bertz CT molecular complexity index is 784. The summed E-state index contributed by atoms with van der Waals surface area (Å²) in [6.07, 6.45) is 14.0. The molecule has 1 N–H and O–H groups in total. The number of likely N-dealkylation sites (tertiary alicyclic amines) is 1. The van der Waals surface area contributed by atoms with Gasteiger partial charge in [-0.15, -0.1) is 11.3 Å². The van der Waals surface area contributed by atoms with Crippen molar-refractivity contribution in [2.24, 2.45) is 5.92 Å². The number of nitrogens with zero attached hydrogens (tertiary/aromatic N) is 6. The standard InChI is InChI=1S/C18H21N7S/c1-5-25(12-16-9-20-13-26-16)6-2-14(1)7-15-8-23-18(11-22-15)24-17-10-19-3-4-21-17/h3-4,8-11,13-14H,1-2,5-7,12H2,(H,21,23,24). The highest BCUT2D eigenvalue weighted by molar-refractivity contribution is 7.09. The average Bonchev–Trinajstić information content (AvgIpc) is 3.19. The van der Waals surface area contributed by atoms with E-state index in [0.29, 0.717) is 17.6 Å². The van der Waals surface area contributed by atoms with Gasteiger partial charge in [0, 0.05) is 30.0 Å². The number of aromatic nitrogens is 5. The van der Waals surface area contributed by atoms with E-state index < -0.39 is 0 Å². The van der Waals surface area contributed by atoms with Crippen LogP contribution in [-0.4, -0.2) is 42.9 Å². The van der Waals surface area contributed by atoms with Gasteiger partial charge in [-0.1, -0.05) is 0 Å². The zero-order valence-corrected chi connectivity index (χ0v) is 15.3. The first kappa shape index (κ1) is 17.0. The van der Waals surface area contributed by atoms with Gasteiger partial charge < -0.3 is 5.32 Å². The Kier molecular flexibility index (Phi) is 5.41. The van der Waals surface area contributed by atoms with Gasteiger partial charge in [0.05, 0.1) is 29.8 Å². The highest BCUT2D eigenvalue weighted by Crippen LogP contribution is 2.23. The van der Waals surface area contributed by atoms with Gasteiger partial charge in [-0.05, 0) is 38.3 Å². The summed E-state index contributed by atoms with van der Waals surface area (Å²) in [7, 11) is 0. The number of hydrogen-bond acceptors (Lipinski definition) is 8. The summed E-state index contributed by atoms with van der Waals surface area (Å²) in [5.41, 5.74) is 2.96. The van der Waals surface area contributed by atoms with Crippen molar-refractivity contribution in [1.29, 1.82) is 0 Å². The maximum absolute atomic E-state index is 4.56. The van der Waals surface area contributed by atoms with Crippen LogP contribution < -0.4 is 5.32 Å². The number of rotatable bonds is 6. The predicted octanol–water partition coefficient (Wildman–Crippen LogP) is 2.92. The van der Waals surface area contributed by atoms with Crippen molar-refractivity contribution in [2.45, 2.75) is 25.8 Å². The average molecular weight is 367 g/mol. The lowest BCUT2D eigenvalue weighted by molar-refractivity contribution is 0.177. The Labute approximate surface area is 156 Å². The van der Waals surface area contributed by atoms with E-state index in [2.05, 4.69) is 35.1 Å². The van der Waals surface area contributed by atoms with Crippen LogP contribution in [0, 0.1) is 5.92 Å². The highest BCUT2D eigenvalue weighted by atomic mass is 32.1. The van der Waals surface area contributed by atoms with Gasteiger partial charge >= 0.3 is 0 Å². The van der Waals surface area contributed by atoms with Crippen LogP contribution in [0.25, 0.3) is 0 Å². The molecule has 7 nitrogen and oxygen atoms in total. The van der Waals surface area contributed by atoms with Crippen molar-refractivity contribution in [1.82, 2.24) is 29.8 Å². The van der Waals surface area contributed by atoms with Crippen LogP contribution >= 0.6 is 11.3 Å². The molecule has 4 heterocycles. The first-order chi connectivity index (χ1) is 12.8. The first-order valence-electron chi connectivity index (χ1n) is 8.79. The maximum Gasteiger partial charge on any atom is 0.150 e. The SMILES string of the molecule is c1cnc(Nc2cnc(CC3CCN(Cc4cncs4)CC3)cn2)cn1. The van der Waals surface area contributed by atoms with Gasteiger partial charge in [-0.2, -0.15) is 0 Å². The van der Waals surface area contributed by atoms with Crippen LogP contribution in [0.5, 0.6) is 0 Å². The molecule has 0 unspecified atom stereocenters. The van der Waals surface area contributed by atoms with Gasteiger partial charge in [0.1, 0.15) is 11.6 Å². The Hall–Kier alpha value is -2.45. The lowest BCUT2D eigenvalue weighted by atomic mass is 9.92. The van der Waals surface area contributed by atoms with Crippen molar-refractivity contribution in [3.8, 4) is 0 Å². The van der Waals surface area contributed by atoms with E-state index in [4.69, 9.17) is 0 Å².